The second kappa shape index (κ2) is 9.89. The zero-order chi connectivity index (χ0) is 17.2. The Morgan fingerprint density at radius 2 is 1.83 bits per heavy atom. The monoisotopic (exact) mass is 338 g/mol. The molecule has 0 aromatic heterocycles. The third-order valence-corrected chi connectivity index (χ3v) is 3.90. The van der Waals surface area contributed by atoms with Crippen molar-refractivity contribution in [1.82, 2.24) is 10.6 Å². The quantitative estimate of drug-likeness (QED) is 0.598. The van der Waals surface area contributed by atoms with Gasteiger partial charge in [0.1, 0.15) is 0 Å². The molecule has 0 saturated carbocycles. The molecule has 1 aromatic carbocycles. The molecule has 1 unspecified atom stereocenters. The number of hydrogen-bond acceptors (Lipinski definition) is 4. The van der Waals surface area contributed by atoms with E-state index >= 15 is 0 Å². The number of aliphatic carboxylic acids is 1. The van der Waals surface area contributed by atoms with E-state index < -0.39 is 17.9 Å². The van der Waals surface area contributed by atoms with Crippen LogP contribution in [0.25, 0.3) is 0 Å². The van der Waals surface area contributed by atoms with E-state index in [2.05, 4.69) is 10.6 Å². The van der Waals surface area contributed by atoms with Gasteiger partial charge in [-0.1, -0.05) is 19.1 Å². The van der Waals surface area contributed by atoms with Crippen LogP contribution < -0.4 is 10.6 Å². The highest BCUT2D eigenvalue weighted by Gasteiger charge is 2.18. The molecule has 1 rings (SSSR count). The minimum absolute atomic E-state index is 0.155. The third-order valence-electron chi connectivity index (χ3n) is 3.16. The number of carboxylic acids is 1. The summed E-state index contributed by atoms with van der Waals surface area (Å²) in [5.41, 5.74) is 0.721. The van der Waals surface area contributed by atoms with Crippen LogP contribution >= 0.6 is 11.8 Å². The lowest BCUT2D eigenvalue weighted by atomic mass is 10.0. The van der Waals surface area contributed by atoms with Crippen LogP contribution in [0, 0.1) is 0 Å². The largest absolute Gasteiger partial charge is 0.481 e. The lowest BCUT2D eigenvalue weighted by Crippen LogP contribution is -2.39. The van der Waals surface area contributed by atoms with Crippen LogP contribution in [0.2, 0.25) is 0 Å². The molecule has 7 heteroatoms. The van der Waals surface area contributed by atoms with E-state index in [1.165, 1.54) is 0 Å². The van der Waals surface area contributed by atoms with Gasteiger partial charge in [0.2, 0.25) is 11.8 Å². The average molecular weight is 338 g/mol. The van der Waals surface area contributed by atoms with E-state index in [1.54, 1.807) is 23.9 Å². The zero-order valence-corrected chi connectivity index (χ0v) is 14.1. The molecule has 0 aliphatic carbocycles. The number of amides is 2. The first-order valence-corrected chi connectivity index (χ1v) is 8.60. The molecular weight excluding hydrogens is 316 g/mol. The standard InChI is InChI=1S/C16H22N2O4S/c1-3-4-14(19)17-10-15(20)18-13(9-16(21)22)11-5-7-12(23-2)8-6-11/h5-8,13H,3-4,9-10H2,1-2H3,(H,17,19)(H,18,20)(H,21,22). The first kappa shape index (κ1) is 19.0. The molecule has 0 bridgehead atoms. The van der Waals surface area contributed by atoms with Crippen molar-refractivity contribution in [2.24, 2.45) is 0 Å². The first-order chi connectivity index (χ1) is 11.0. The van der Waals surface area contributed by atoms with Gasteiger partial charge in [-0.05, 0) is 30.4 Å². The van der Waals surface area contributed by atoms with Gasteiger partial charge in [0, 0.05) is 11.3 Å². The normalized spacial score (nSPS) is 11.6. The van der Waals surface area contributed by atoms with Crippen LogP contribution in [-0.4, -0.2) is 35.7 Å². The number of hydrogen-bond donors (Lipinski definition) is 3. The molecule has 0 radical (unpaired) electrons. The van der Waals surface area contributed by atoms with Crippen molar-refractivity contribution in [1.29, 1.82) is 0 Å². The van der Waals surface area contributed by atoms with Gasteiger partial charge < -0.3 is 15.7 Å². The Kier molecular flexibility index (Phi) is 8.18. The second-order valence-electron chi connectivity index (χ2n) is 5.02. The molecule has 0 aliphatic rings. The molecule has 3 N–H and O–H groups in total. The van der Waals surface area contributed by atoms with Gasteiger partial charge in [0.25, 0.3) is 0 Å². The average Bonchev–Trinajstić information content (AvgIpc) is 2.52. The van der Waals surface area contributed by atoms with E-state index in [0.29, 0.717) is 12.8 Å². The highest BCUT2D eigenvalue weighted by molar-refractivity contribution is 7.98. The zero-order valence-electron chi connectivity index (χ0n) is 13.3. The fraction of sp³-hybridized carbons (Fsp3) is 0.438. The maximum Gasteiger partial charge on any atom is 0.305 e. The highest BCUT2D eigenvalue weighted by atomic mass is 32.2. The summed E-state index contributed by atoms with van der Waals surface area (Å²) in [6.45, 7) is 1.72. The number of rotatable bonds is 9. The molecule has 6 nitrogen and oxygen atoms in total. The van der Waals surface area contributed by atoms with Crippen LogP contribution in [0.15, 0.2) is 29.2 Å². The Hall–Kier alpha value is -2.02. The summed E-state index contributed by atoms with van der Waals surface area (Å²) in [4.78, 5) is 35.4. The van der Waals surface area contributed by atoms with Crippen LogP contribution in [0.1, 0.15) is 37.8 Å². The van der Waals surface area contributed by atoms with Gasteiger partial charge in [0.15, 0.2) is 0 Å². The smallest absolute Gasteiger partial charge is 0.305 e. The van der Waals surface area contributed by atoms with Crippen molar-refractivity contribution in [2.45, 2.75) is 37.1 Å². The van der Waals surface area contributed by atoms with Gasteiger partial charge in [0.05, 0.1) is 19.0 Å². The molecule has 1 atom stereocenters. The molecule has 126 valence electrons. The Labute approximate surface area is 140 Å². The van der Waals surface area contributed by atoms with Gasteiger partial charge in [-0.25, -0.2) is 0 Å². The van der Waals surface area contributed by atoms with Gasteiger partial charge in [-0.2, -0.15) is 0 Å². The lowest BCUT2D eigenvalue weighted by Gasteiger charge is -2.18. The minimum atomic E-state index is -1.00. The van der Waals surface area contributed by atoms with Crippen molar-refractivity contribution in [3.05, 3.63) is 29.8 Å². The van der Waals surface area contributed by atoms with E-state index in [4.69, 9.17) is 5.11 Å². The molecular formula is C16H22N2O4S. The topological polar surface area (TPSA) is 95.5 Å². The molecule has 0 aliphatic heterocycles. The number of nitrogens with one attached hydrogen (secondary N) is 2. The number of benzene rings is 1. The van der Waals surface area contributed by atoms with Crippen LogP contribution in [0.3, 0.4) is 0 Å². The highest BCUT2D eigenvalue weighted by Crippen LogP contribution is 2.21. The molecule has 0 saturated heterocycles. The predicted molar refractivity (Wildman–Crippen MR) is 89.3 cm³/mol. The maximum atomic E-state index is 11.9. The van der Waals surface area contributed by atoms with Gasteiger partial charge in [-0.15, -0.1) is 11.8 Å². The van der Waals surface area contributed by atoms with Crippen LogP contribution in [0.4, 0.5) is 0 Å². The number of thioether (sulfide) groups is 1. The van der Waals surface area contributed by atoms with Crippen molar-refractivity contribution in [2.75, 3.05) is 12.8 Å². The Balaban J connectivity index is 2.68. The Morgan fingerprint density at radius 3 is 2.35 bits per heavy atom. The van der Waals surface area contributed by atoms with Crippen molar-refractivity contribution < 1.29 is 19.5 Å². The SMILES string of the molecule is CCCC(=O)NCC(=O)NC(CC(=O)O)c1ccc(SC)cc1. The fourth-order valence-electron chi connectivity index (χ4n) is 2.00. The minimum Gasteiger partial charge on any atom is -0.481 e. The molecule has 0 fully saturated rings. The fourth-order valence-corrected chi connectivity index (χ4v) is 2.41. The summed E-state index contributed by atoms with van der Waals surface area (Å²) in [5, 5.41) is 14.2. The second-order valence-corrected chi connectivity index (χ2v) is 5.90. The Morgan fingerprint density at radius 1 is 1.17 bits per heavy atom. The Bertz CT molecular complexity index is 546. The summed E-state index contributed by atoms with van der Waals surface area (Å²) < 4.78 is 0. The summed E-state index contributed by atoms with van der Waals surface area (Å²) in [7, 11) is 0. The summed E-state index contributed by atoms with van der Waals surface area (Å²) in [6, 6.07) is 6.73. The van der Waals surface area contributed by atoms with Crippen LogP contribution in [-0.2, 0) is 14.4 Å². The van der Waals surface area contributed by atoms with Crippen LogP contribution in [0.5, 0.6) is 0 Å². The summed E-state index contributed by atoms with van der Waals surface area (Å²) in [6.07, 6.45) is 2.80. The predicted octanol–water partition coefficient (Wildman–Crippen LogP) is 1.96. The number of carbonyl (C=O) groups excluding carboxylic acids is 2. The van der Waals surface area contributed by atoms with E-state index in [0.717, 1.165) is 10.5 Å². The number of carbonyl (C=O) groups is 3. The molecule has 0 heterocycles. The molecule has 23 heavy (non-hydrogen) atoms. The summed E-state index contributed by atoms with van der Waals surface area (Å²) >= 11 is 1.58. The lowest BCUT2D eigenvalue weighted by molar-refractivity contribution is -0.138. The molecule has 2 amide bonds. The van der Waals surface area contributed by atoms with E-state index in [-0.39, 0.29) is 18.9 Å². The number of carboxylic acid groups (broad SMARTS) is 1. The molecule has 0 spiro atoms. The van der Waals surface area contributed by atoms with Crippen molar-refractivity contribution in [3.63, 3.8) is 0 Å². The summed E-state index contributed by atoms with van der Waals surface area (Å²) in [5.74, 6) is -1.60. The van der Waals surface area contributed by atoms with Crippen molar-refractivity contribution >= 4 is 29.5 Å². The van der Waals surface area contributed by atoms with E-state index in [1.807, 2.05) is 25.3 Å². The molecule has 1 aromatic rings. The van der Waals surface area contributed by atoms with E-state index in [9.17, 15) is 14.4 Å². The third kappa shape index (κ3) is 7.19. The first-order valence-electron chi connectivity index (χ1n) is 7.38. The van der Waals surface area contributed by atoms with Gasteiger partial charge >= 0.3 is 5.97 Å². The van der Waals surface area contributed by atoms with Gasteiger partial charge in [-0.3, -0.25) is 14.4 Å². The van der Waals surface area contributed by atoms with Crippen molar-refractivity contribution in [3.8, 4) is 0 Å². The maximum absolute atomic E-state index is 11.9.